The van der Waals surface area contributed by atoms with Crippen LogP contribution in [0.2, 0.25) is 0 Å². The molecule has 20 heavy (non-hydrogen) atoms. The van der Waals surface area contributed by atoms with E-state index in [9.17, 15) is 4.39 Å². The van der Waals surface area contributed by atoms with E-state index in [0.29, 0.717) is 16.8 Å². The van der Waals surface area contributed by atoms with Crippen molar-refractivity contribution in [2.24, 2.45) is 16.1 Å². The van der Waals surface area contributed by atoms with E-state index in [0.717, 1.165) is 23.7 Å². The van der Waals surface area contributed by atoms with Crippen molar-refractivity contribution in [1.82, 2.24) is 0 Å². The van der Waals surface area contributed by atoms with Gasteiger partial charge in [0.25, 0.3) is 0 Å². The second-order valence-electron chi connectivity index (χ2n) is 6.53. The quantitative estimate of drug-likeness (QED) is 0.803. The molecule has 0 radical (unpaired) electrons. The molecule has 1 aliphatic carbocycles. The molecule has 0 saturated heterocycles. The maximum Gasteiger partial charge on any atom is 0.128 e. The van der Waals surface area contributed by atoms with Gasteiger partial charge in [0.2, 0.25) is 0 Å². The third-order valence-corrected chi connectivity index (χ3v) is 5.44. The maximum atomic E-state index is 14.3. The van der Waals surface area contributed by atoms with Crippen molar-refractivity contribution in [3.05, 3.63) is 34.1 Å². The number of halogens is 2. The van der Waals surface area contributed by atoms with E-state index in [1.807, 2.05) is 13.0 Å². The molecule has 4 heteroatoms. The number of hydrogen-bond donors (Lipinski definition) is 1. The fourth-order valence-electron chi connectivity index (χ4n) is 3.79. The van der Waals surface area contributed by atoms with Crippen molar-refractivity contribution in [2.75, 3.05) is 0 Å². The SMILES string of the molecule is C[C@@]1(c2cc(Br)ccc2F)CC2(CCC2)CCC(N)=N1. The van der Waals surface area contributed by atoms with Gasteiger partial charge in [0.1, 0.15) is 5.82 Å². The minimum atomic E-state index is -0.547. The summed E-state index contributed by atoms with van der Waals surface area (Å²) in [4.78, 5) is 4.69. The molecule has 1 fully saturated rings. The van der Waals surface area contributed by atoms with Crippen molar-refractivity contribution in [2.45, 2.75) is 51.0 Å². The van der Waals surface area contributed by atoms with Crippen molar-refractivity contribution in [1.29, 1.82) is 0 Å². The average molecular weight is 339 g/mol. The first-order valence-corrected chi connectivity index (χ1v) is 8.02. The van der Waals surface area contributed by atoms with Crippen molar-refractivity contribution >= 4 is 21.8 Å². The monoisotopic (exact) mass is 338 g/mol. The molecule has 2 nitrogen and oxygen atoms in total. The van der Waals surface area contributed by atoms with Crippen LogP contribution in [-0.4, -0.2) is 5.84 Å². The second-order valence-corrected chi connectivity index (χ2v) is 7.45. The molecule has 3 rings (SSSR count). The van der Waals surface area contributed by atoms with Crippen molar-refractivity contribution in [3.63, 3.8) is 0 Å². The number of amidine groups is 1. The zero-order chi connectivity index (χ0) is 14.4. The van der Waals surface area contributed by atoms with Gasteiger partial charge in [0.15, 0.2) is 0 Å². The number of nitrogens with zero attached hydrogens (tertiary/aromatic N) is 1. The highest BCUT2D eigenvalue weighted by molar-refractivity contribution is 9.10. The summed E-state index contributed by atoms with van der Waals surface area (Å²) < 4.78 is 15.2. The van der Waals surface area contributed by atoms with Crippen molar-refractivity contribution in [3.8, 4) is 0 Å². The van der Waals surface area contributed by atoms with Crippen LogP contribution in [0.1, 0.15) is 51.0 Å². The Morgan fingerprint density at radius 2 is 2.05 bits per heavy atom. The summed E-state index contributed by atoms with van der Waals surface area (Å²) in [6, 6.07) is 5.09. The molecule has 0 unspecified atom stereocenters. The van der Waals surface area contributed by atoms with Crippen LogP contribution >= 0.6 is 15.9 Å². The molecule has 2 N–H and O–H groups in total. The Morgan fingerprint density at radius 3 is 2.70 bits per heavy atom. The van der Waals surface area contributed by atoms with Crippen LogP contribution in [0.5, 0.6) is 0 Å². The summed E-state index contributed by atoms with van der Waals surface area (Å²) in [6.07, 6.45) is 6.55. The van der Waals surface area contributed by atoms with Crippen LogP contribution in [0.4, 0.5) is 4.39 Å². The van der Waals surface area contributed by atoms with Gasteiger partial charge in [-0.05, 0) is 56.2 Å². The average Bonchev–Trinajstić information content (AvgIpc) is 2.49. The summed E-state index contributed by atoms with van der Waals surface area (Å²) in [7, 11) is 0. The smallest absolute Gasteiger partial charge is 0.128 e. The highest BCUT2D eigenvalue weighted by Crippen LogP contribution is 2.54. The molecule has 1 saturated carbocycles. The van der Waals surface area contributed by atoms with E-state index < -0.39 is 5.54 Å². The highest BCUT2D eigenvalue weighted by Gasteiger charge is 2.46. The molecule has 1 aliphatic heterocycles. The fourth-order valence-corrected chi connectivity index (χ4v) is 4.15. The number of nitrogens with two attached hydrogens (primary N) is 1. The summed E-state index contributed by atoms with van der Waals surface area (Å²) in [5.74, 6) is 0.472. The third kappa shape index (κ3) is 2.39. The summed E-state index contributed by atoms with van der Waals surface area (Å²) in [6.45, 7) is 2.02. The zero-order valence-electron chi connectivity index (χ0n) is 11.8. The lowest BCUT2D eigenvalue weighted by molar-refractivity contribution is 0.0815. The molecular formula is C16H20BrFN2. The van der Waals surface area contributed by atoms with Gasteiger partial charge in [-0.25, -0.2) is 4.39 Å². The summed E-state index contributed by atoms with van der Waals surface area (Å²) in [5, 5.41) is 0. The van der Waals surface area contributed by atoms with Crippen LogP contribution in [0.25, 0.3) is 0 Å². The predicted molar refractivity (Wildman–Crippen MR) is 83.2 cm³/mol. The molecule has 1 spiro atoms. The fraction of sp³-hybridized carbons (Fsp3) is 0.562. The number of benzene rings is 1. The van der Waals surface area contributed by atoms with Crippen molar-refractivity contribution < 1.29 is 4.39 Å². The maximum absolute atomic E-state index is 14.3. The lowest BCUT2D eigenvalue weighted by Gasteiger charge is -2.45. The van der Waals surface area contributed by atoms with Gasteiger partial charge in [0, 0.05) is 16.5 Å². The number of hydrogen-bond acceptors (Lipinski definition) is 2. The topological polar surface area (TPSA) is 38.4 Å². The van der Waals surface area contributed by atoms with Crippen LogP contribution in [0.3, 0.4) is 0 Å². The Kier molecular flexibility index (Phi) is 3.39. The number of rotatable bonds is 1. The normalized spacial score (nSPS) is 28.6. The molecule has 0 bridgehead atoms. The van der Waals surface area contributed by atoms with Crippen LogP contribution in [0.15, 0.2) is 27.7 Å². The minimum absolute atomic E-state index is 0.191. The van der Waals surface area contributed by atoms with Gasteiger partial charge in [-0.15, -0.1) is 0 Å². The summed E-state index contributed by atoms with van der Waals surface area (Å²) in [5.41, 5.74) is 6.47. The van der Waals surface area contributed by atoms with Crippen LogP contribution in [0, 0.1) is 11.2 Å². The van der Waals surface area contributed by atoms with Gasteiger partial charge in [-0.1, -0.05) is 22.4 Å². The Bertz CT molecular complexity index is 566. The van der Waals surface area contributed by atoms with Crippen LogP contribution in [-0.2, 0) is 5.54 Å². The van der Waals surface area contributed by atoms with Gasteiger partial charge in [-0.2, -0.15) is 0 Å². The van der Waals surface area contributed by atoms with Gasteiger partial charge < -0.3 is 5.73 Å². The molecule has 0 amide bonds. The first kappa shape index (κ1) is 14.1. The van der Waals surface area contributed by atoms with Gasteiger partial charge in [0.05, 0.1) is 11.4 Å². The molecule has 2 aliphatic rings. The Hall–Kier alpha value is -0.900. The van der Waals surface area contributed by atoms with Gasteiger partial charge in [-0.3, -0.25) is 4.99 Å². The standard InChI is InChI=1S/C16H20BrFN2/c1-15(12-9-11(17)3-4-13(12)18)10-16(6-2-7-16)8-5-14(19)20-15/h3-4,9H,2,5-8,10H2,1H3,(H2,19,20)/t15-/m0/s1. The third-order valence-electron chi connectivity index (χ3n) is 4.94. The first-order valence-electron chi connectivity index (χ1n) is 7.22. The molecule has 1 atom stereocenters. The Morgan fingerprint density at radius 1 is 1.30 bits per heavy atom. The Balaban J connectivity index is 2.06. The van der Waals surface area contributed by atoms with E-state index in [2.05, 4.69) is 15.9 Å². The molecule has 0 aromatic heterocycles. The van der Waals surface area contributed by atoms with Gasteiger partial charge >= 0.3 is 0 Å². The molecular weight excluding hydrogens is 319 g/mol. The van der Waals surface area contributed by atoms with E-state index in [-0.39, 0.29) is 5.82 Å². The molecule has 1 aromatic rings. The van der Waals surface area contributed by atoms with E-state index in [1.54, 1.807) is 6.07 Å². The predicted octanol–water partition coefficient (Wildman–Crippen LogP) is 4.51. The molecule has 1 aromatic carbocycles. The first-order chi connectivity index (χ1) is 9.42. The number of aliphatic imine (C=N–C) groups is 1. The van der Waals surface area contributed by atoms with Crippen LogP contribution < -0.4 is 5.73 Å². The van der Waals surface area contributed by atoms with E-state index >= 15 is 0 Å². The molecule has 108 valence electrons. The Labute approximate surface area is 127 Å². The highest BCUT2D eigenvalue weighted by atomic mass is 79.9. The largest absolute Gasteiger partial charge is 0.387 e. The minimum Gasteiger partial charge on any atom is -0.387 e. The summed E-state index contributed by atoms with van der Waals surface area (Å²) >= 11 is 3.43. The lowest BCUT2D eigenvalue weighted by Crippen LogP contribution is -2.36. The second kappa shape index (κ2) is 4.83. The van der Waals surface area contributed by atoms with E-state index in [1.165, 1.54) is 25.3 Å². The molecule has 1 heterocycles. The lowest BCUT2D eigenvalue weighted by atomic mass is 9.60. The zero-order valence-corrected chi connectivity index (χ0v) is 13.3. The van der Waals surface area contributed by atoms with E-state index in [4.69, 9.17) is 10.7 Å².